The monoisotopic (exact) mass is 281 g/mol. The van der Waals surface area contributed by atoms with Gasteiger partial charge in [0, 0.05) is 10.5 Å². The Labute approximate surface area is 94.6 Å². The standard InChI is InChI=1S/C10H11BrF3N/c1-6(15)4-7-2-3-8(5-9(7)11)10(12,13)14/h2-3,5-6H,4,15H2,1H3/t6-/m1/s1. The Morgan fingerprint density at radius 3 is 2.40 bits per heavy atom. The van der Waals surface area contributed by atoms with E-state index in [9.17, 15) is 13.2 Å². The molecular formula is C10H11BrF3N. The number of hydrogen-bond donors (Lipinski definition) is 1. The number of benzene rings is 1. The van der Waals surface area contributed by atoms with Crippen LogP contribution in [0.15, 0.2) is 22.7 Å². The SMILES string of the molecule is C[C@@H](N)Cc1ccc(C(F)(F)F)cc1Br. The van der Waals surface area contributed by atoms with E-state index in [0.29, 0.717) is 10.9 Å². The van der Waals surface area contributed by atoms with Crippen LogP contribution in [0.1, 0.15) is 18.1 Å². The molecule has 0 amide bonds. The molecule has 1 aromatic rings. The van der Waals surface area contributed by atoms with Gasteiger partial charge in [0.1, 0.15) is 0 Å². The van der Waals surface area contributed by atoms with Crippen molar-refractivity contribution in [2.45, 2.75) is 25.6 Å². The Balaban J connectivity index is 2.98. The van der Waals surface area contributed by atoms with Crippen LogP contribution in [0.2, 0.25) is 0 Å². The second-order valence-electron chi connectivity index (χ2n) is 3.49. The van der Waals surface area contributed by atoms with Crippen LogP contribution in [0.4, 0.5) is 13.2 Å². The molecule has 1 atom stereocenters. The predicted octanol–water partition coefficient (Wildman–Crippen LogP) is 3.36. The first-order chi connectivity index (χ1) is 6.80. The fourth-order valence-corrected chi connectivity index (χ4v) is 1.78. The van der Waals surface area contributed by atoms with Crippen LogP contribution in [0, 0.1) is 0 Å². The second-order valence-corrected chi connectivity index (χ2v) is 4.34. The smallest absolute Gasteiger partial charge is 0.328 e. The van der Waals surface area contributed by atoms with E-state index in [1.54, 1.807) is 0 Å². The molecule has 0 aliphatic rings. The molecule has 0 bridgehead atoms. The number of nitrogens with two attached hydrogens (primary N) is 1. The maximum Gasteiger partial charge on any atom is 0.416 e. The molecule has 15 heavy (non-hydrogen) atoms. The van der Waals surface area contributed by atoms with E-state index in [0.717, 1.165) is 17.7 Å². The van der Waals surface area contributed by atoms with Crippen molar-refractivity contribution in [3.63, 3.8) is 0 Å². The van der Waals surface area contributed by atoms with Gasteiger partial charge in [0.15, 0.2) is 0 Å². The Bertz CT molecular complexity index is 347. The normalized spacial score (nSPS) is 14.0. The molecule has 0 fully saturated rings. The van der Waals surface area contributed by atoms with Gasteiger partial charge < -0.3 is 5.73 Å². The lowest BCUT2D eigenvalue weighted by molar-refractivity contribution is -0.137. The third kappa shape index (κ3) is 3.50. The lowest BCUT2D eigenvalue weighted by Crippen LogP contribution is -2.18. The highest BCUT2D eigenvalue weighted by molar-refractivity contribution is 9.10. The van der Waals surface area contributed by atoms with Gasteiger partial charge in [0.2, 0.25) is 0 Å². The predicted molar refractivity (Wildman–Crippen MR) is 56.5 cm³/mol. The van der Waals surface area contributed by atoms with Crippen LogP contribution < -0.4 is 5.73 Å². The molecule has 0 heterocycles. The summed E-state index contributed by atoms with van der Waals surface area (Å²) < 4.78 is 37.4. The number of alkyl halides is 3. The van der Waals surface area contributed by atoms with Crippen molar-refractivity contribution in [2.75, 3.05) is 0 Å². The van der Waals surface area contributed by atoms with Crippen molar-refractivity contribution in [1.29, 1.82) is 0 Å². The topological polar surface area (TPSA) is 26.0 Å². The minimum absolute atomic E-state index is 0.0713. The molecule has 0 aliphatic heterocycles. The van der Waals surface area contributed by atoms with Crippen LogP contribution in [0.3, 0.4) is 0 Å². The summed E-state index contributed by atoms with van der Waals surface area (Å²) in [6.45, 7) is 1.81. The summed E-state index contributed by atoms with van der Waals surface area (Å²) in [6.07, 6.45) is -3.74. The van der Waals surface area contributed by atoms with Gasteiger partial charge in [-0.05, 0) is 31.0 Å². The van der Waals surface area contributed by atoms with Crippen LogP contribution in [-0.4, -0.2) is 6.04 Å². The number of halogens is 4. The summed E-state index contributed by atoms with van der Waals surface area (Å²) in [6, 6.07) is 3.54. The largest absolute Gasteiger partial charge is 0.416 e. The van der Waals surface area contributed by atoms with Crippen LogP contribution in [0.25, 0.3) is 0 Å². The van der Waals surface area contributed by atoms with Crippen molar-refractivity contribution in [3.8, 4) is 0 Å². The minimum Gasteiger partial charge on any atom is -0.328 e. The zero-order chi connectivity index (χ0) is 11.6. The van der Waals surface area contributed by atoms with Gasteiger partial charge in [0.25, 0.3) is 0 Å². The molecule has 0 spiro atoms. The zero-order valence-corrected chi connectivity index (χ0v) is 9.69. The van der Waals surface area contributed by atoms with Gasteiger partial charge >= 0.3 is 6.18 Å². The van der Waals surface area contributed by atoms with Gasteiger partial charge in [-0.2, -0.15) is 13.2 Å². The molecule has 0 saturated carbocycles. The first-order valence-corrected chi connectivity index (χ1v) is 5.21. The lowest BCUT2D eigenvalue weighted by atomic mass is 10.1. The third-order valence-electron chi connectivity index (χ3n) is 1.92. The summed E-state index contributed by atoms with van der Waals surface area (Å²) in [5, 5.41) is 0. The fraction of sp³-hybridized carbons (Fsp3) is 0.400. The van der Waals surface area contributed by atoms with Crippen molar-refractivity contribution >= 4 is 15.9 Å². The van der Waals surface area contributed by atoms with E-state index in [-0.39, 0.29) is 6.04 Å². The molecule has 0 aliphatic carbocycles. The van der Waals surface area contributed by atoms with E-state index in [2.05, 4.69) is 15.9 Å². The molecule has 84 valence electrons. The van der Waals surface area contributed by atoms with Gasteiger partial charge in [-0.1, -0.05) is 22.0 Å². The zero-order valence-electron chi connectivity index (χ0n) is 8.11. The van der Waals surface area contributed by atoms with Gasteiger partial charge in [-0.3, -0.25) is 0 Å². The van der Waals surface area contributed by atoms with Crippen molar-refractivity contribution in [1.82, 2.24) is 0 Å². The van der Waals surface area contributed by atoms with Crippen molar-refractivity contribution < 1.29 is 13.2 Å². The van der Waals surface area contributed by atoms with Gasteiger partial charge in [-0.15, -0.1) is 0 Å². The highest BCUT2D eigenvalue weighted by Gasteiger charge is 2.30. The minimum atomic E-state index is -4.30. The number of rotatable bonds is 2. The van der Waals surface area contributed by atoms with E-state index < -0.39 is 11.7 Å². The van der Waals surface area contributed by atoms with Crippen LogP contribution in [-0.2, 0) is 12.6 Å². The third-order valence-corrected chi connectivity index (χ3v) is 2.66. The Kier molecular flexibility index (Phi) is 3.78. The number of hydrogen-bond acceptors (Lipinski definition) is 1. The average molecular weight is 282 g/mol. The quantitative estimate of drug-likeness (QED) is 0.884. The highest BCUT2D eigenvalue weighted by Crippen LogP contribution is 2.32. The summed E-state index contributed by atoms with van der Waals surface area (Å²) in [5.74, 6) is 0. The van der Waals surface area contributed by atoms with Gasteiger partial charge in [-0.25, -0.2) is 0 Å². The molecule has 1 aromatic carbocycles. The Morgan fingerprint density at radius 2 is 2.00 bits per heavy atom. The lowest BCUT2D eigenvalue weighted by Gasteiger charge is -2.11. The molecule has 5 heteroatoms. The maximum absolute atomic E-state index is 12.3. The molecule has 1 nitrogen and oxygen atoms in total. The van der Waals surface area contributed by atoms with Crippen LogP contribution >= 0.6 is 15.9 Å². The van der Waals surface area contributed by atoms with Crippen molar-refractivity contribution in [3.05, 3.63) is 33.8 Å². The summed E-state index contributed by atoms with van der Waals surface area (Å²) in [7, 11) is 0. The van der Waals surface area contributed by atoms with Crippen LogP contribution in [0.5, 0.6) is 0 Å². The molecule has 0 aromatic heterocycles. The average Bonchev–Trinajstić information content (AvgIpc) is 2.05. The second kappa shape index (κ2) is 4.53. The Hall–Kier alpha value is -0.550. The van der Waals surface area contributed by atoms with E-state index in [4.69, 9.17) is 5.73 Å². The van der Waals surface area contributed by atoms with Gasteiger partial charge in [0.05, 0.1) is 5.56 Å². The maximum atomic E-state index is 12.3. The van der Waals surface area contributed by atoms with E-state index in [1.807, 2.05) is 6.92 Å². The summed E-state index contributed by atoms with van der Waals surface area (Å²) >= 11 is 3.11. The van der Waals surface area contributed by atoms with Crippen molar-refractivity contribution in [2.24, 2.45) is 5.73 Å². The molecule has 0 radical (unpaired) electrons. The Morgan fingerprint density at radius 1 is 1.40 bits per heavy atom. The highest BCUT2D eigenvalue weighted by atomic mass is 79.9. The first-order valence-electron chi connectivity index (χ1n) is 4.42. The molecule has 0 unspecified atom stereocenters. The first kappa shape index (κ1) is 12.5. The molecule has 1 rings (SSSR count). The summed E-state index contributed by atoms with van der Waals surface area (Å²) in [4.78, 5) is 0. The molecule has 0 saturated heterocycles. The molecular weight excluding hydrogens is 271 g/mol. The van der Waals surface area contributed by atoms with E-state index in [1.165, 1.54) is 6.07 Å². The summed E-state index contributed by atoms with van der Waals surface area (Å²) in [5.41, 5.74) is 5.71. The fourth-order valence-electron chi connectivity index (χ4n) is 1.24. The van der Waals surface area contributed by atoms with E-state index >= 15 is 0 Å². The molecule has 2 N–H and O–H groups in total.